The molecule has 7 heteroatoms. The third-order valence-electron chi connectivity index (χ3n) is 4.23. The molecule has 2 aliphatic rings. The fourth-order valence-corrected chi connectivity index (χ4v) is 3.20. The summed E-state index contributed by atoms with van der Waals surface area (Å²) in [5.74, 6) is -1.85. The van der Waals surface area contributed by atoms with E-state index in [1.54, 1.807) is 0 Å². The molecule has 0 N–H and O–H groups in total. The molecule has 0 bridgehead atoms. The van der Waals surface area contributed by atoms with Gasteiger partial charge >= 0.3 is 5.69 Å². The molecule has 0 aromatic heterocycles. The first-order chi connectivity index (χ1) is 9.99. The summed E-state index contributed by atoms with van der Waals surface area (Å²) in [6, 6.07) is 3.43. The molecule has 0 spiro atoms. The van der Waals surface area contributed by atoms with E-state index in [-0.39, 0.29) is 30.2 Å². The highest BCUT2D eigenvalue weighted by Gasteiger charge is 2.49. The SMILES string of the molecule is O=C1C2CCCC2C(=O)N1Cc1ccc([N+](=O)[O-])c(F)c1. The van der Waals surface area contributed by atoms with Gasteiger partial charge in [-0.25, -0.2) is 0 Å². The van der Waals surface area contributed by atoms with Crippen molar-refractivity contribution in [1.29, 1.82) is 0 Å². The van der Waals surface area contributed by atoms with Crippen LogP contribution in [0.4, 0.5) is 10.1 Å². The Morgan fingerprint density at radius 3 is 2.38 bits per heavy atom. The minimum Gasteiger partial charge on any atom is -0.278 e. The number of imide groups is 1. The van der Waals surface area contributed by atoms with Gasteiger partial charge in [0.05, 0.1) is 23.3 Å². The molecule has 3 rings (SSSR count). The normalized spacial score (nSPS) is 24.5. The number of likely N-dealkylation sites (tertiary alicyclic amines) is 1. The monoisotopic (exact) mass is 292 g/mol. The molecule has 1 saturated heterocycles. The second-order valence-corrected chi connectivity index (χ2v) is 5.45. The molecular weight excluding hydrogens is 279 g/mol. The van der Waals surface area contributed by atoms with Crippen molar-refractivity contribution in [3.63, 3.8) is 0 Å². The summed E-state index contributed by atoms with van der Waals surface area (Å²) in [4.78, 5) is 35.2. The maximum Gasteiger partial charge on any atom is 0.304 e. The Labute approximate surface area is 119 Å². The number of nitro benzene ring substituents is 1. The second kappa shape index (κ2) is 4.91. The number of carbonyl (C=O) groups excluding carboxylic acids is 2. The zero-order chi connectivity index (χ0) is 15.1. The van der Waals surface area contributed by atoms with Crippen molar-refractivity contribution in [2.45, 2.75) is 25.8 Å². The molecule has 1 aromatic rings. The van der Waals surface area contributed by atoms with E-state index in [1.807, 2.05) is 0 Å². The van der Waals surface area contributed by atoms with Gasteiger partial charge in [0, 0.05) is 6.07 Å². The Balaban J connectivity index is 1.81. The summed E-state index contributed by atoms with van der Waals surface area (Å²) in [6.07, 6.45) is 2.33. The Kier molecular flexibility index (Phi) is 3.19. The van der Waals surface area contributed by atoms with Crippen molar-refractivity contribution in [2.24, 2.45) is 11.8 Å². The van der Waals surface area contributed by atoms with Gasteiger partial charge in [-0.1, -0.05) is 12.5 Å². The molecule has 2 amide bonds. The van der Waals surface area contributed by atoms with Crippen molar-refractivity contribution < 1.29 is 18.9 Å². The number of amides is 2. The van der Waals surface area contributed by atoms with Crippen molar-refractivity contribution >= 4 is 17.5 Å². The first-order valence-corrected chi connectivity index (χ1v) is 6.77. The van der Waals surface area contributed by atoms with Crippen LogP contribution in [-0.2, 0) is 16.1 Å². The van der Waals surface area contributed by atoms with Crippen LogP contribution in [0.2, 0.25) is 0 Å². The lowest BCUT2D eigenvalue weighted by Gasteiger charge is -2.15. The lowest BCUT2D eigenvalue weighted by molar-refractivity contribution is -0.387. The van der Waals surface area contributed by atoms with Crippen LogP contribution in [0.15, 0.2) is 18.2 Å². The highest BCUT2D eigenvalue weighted by Crippen LogP contribution is 2.40. The van der Waals surface area contributed by atoms with E-state index < -0.39 is 16.4 Å². The van der Waals surface area contributed by atoms with Crippen LogP contribution in [0.1, 0.15) is 24.8 Å². The van der Waals surface area contributed by atoms with Gasteiger partial charge in [-0.15, -0.1) is 0 Å². The van der Waals surface area contributed by atoms with E-state index in [4.69, 9.17) is 0 Å². The molecule has 1 aliphatic heterocycles. The molecule has 1 saturated carbocycles. The number of hydrogen-bond acceptors (Lipinski definition) is 4. The lowest BCUT2D eigenvalue weighted by atomic mass is 10.00. The summed E-state index contributed by atoms with van der Waals surface area (Å²) < 4.78 is 13.6. The fourth-order valence-electron chi connectivity index (χ4n) is 3.20. The number of benzene rings is 1. The Morgan fingerprint density at radius 1 is 1.24 bits per heavy atom. The Morgan fingerprint density at radius 2 is 1.86 bits per heavy atom. The predicted molar refractivity (Wildman–Crippen MR) is 69.4 cm³/mol. The number of halogens is 1. The van der Waals surface area contributed by atoms with Crippen molar-refractivity contribution in [2.75, 3.05) is 0 Å². The molecule has 1 heterocycles. The topological polar surface area (TPSA) is 80.5 Å². The van der Waals surface area contributed by atoms with Crippen molar-refractivity contribution in [3.8, 4) is 0 Å². The summed E-state index contributed by atoms with van der Waals surface area (Å²) in [6.45, 7) is -0.0282. The zero-order valence-corrected chi connectivity index (χ0v) is 11.1. The number of fused-ring (bicyclic) bond motifs is 1. The minimum atomic E-state index is -0.961. The largest absolute Gasteiger partial charge is 0.304 e. The summed E-state index contributed by atoms with van der Waals surface area (Å²) in [5, 5.41) is 10.6. The third kappa shape index (κ3) is 2.18. The maximum atomic E-state index is 13.6. The summed E-state index contributed by atoms with van der Waals surface area (Å²) >= 11 is 0. The molecule has 2 fully saturated rings. The highest BCUT2D eigenvalue weighted by atomic mass is 19.1. The van der Waals surface area contributed by atoms with E-state index in [0.29, 0.717) is 5.56 Å². The van der Waals surface area contributed by atoms with E-state index in [2.05, 4.69) is 0 Å². The predicted octanol–water partition coefficient (Wildman–Crippen LogP) is 2.02. The minimum absolute atomic E-state index is 0.0282. The van der Waals surface area contributed by atoms with Crippen LogP contribution in [-0.4, -0.2) is 21.6 Å². The van der Waals surface area contributed by atoms with Crippen LogP contribution in [0.5, 0.6) is 0 Å². The smallest absolute Gasteiger partial charge is 0.278 e. The average Bonchev–Trinajstić information content (AvgIpc) is 2.99. The van der Waals surface area contributed by atoms with Crippen LogP contribution >= 0.6 is 0 Å². The summed E-state index contributed by atoms with van der Waals surface area (Å²) in [5.41, 5.74) is -0.241. The van der Waals surface area contributed by atoms with E-state index >= 15 is 0 Å². The molecule has 2 atom stereocenters. The van der Waals surface area contributed by atoms with Gasteiger partial charge < -0.3 is 0 Å². The first kappa shape index (κ1) is 13.7. The molecular formula is C14H13FN2O4. The number of rotatable bonds is 3. The van der Waals surface area contributed by atoms with Crippen LogP contribution in [0.25, 0.3) is 0 Å². The average molecular weight is 292 g/mol. The van der Waals surface area contributed by atoms with Crippen molar-refractivity contribution in [1.82, 2.24) is 4.90 Å². The van der Waals surface area contributed by atoms with E-state index in [9.17, 15) is 24.1 Å². The van der Waals surface area contributed by atoms with Crippen LogP contribution < -0.4 is 0 Å². The zero-order valence-electron chi connectivity index (χ0n) is 11.1. The van der Waals surface area contributed by atoms with E-state index in [0.717, 1.165) is 36.3 Å². The number of nitro groups is 1. The highest BCUT2D eigenvalue weighted by molar-refractivity contribution is 6.05. The first-order valence-electron chi connectivity index (χ1n) is 6.77. The quantitative estimate of drug-likeness (QED) is 0.485. The third-order valence-corrected chi connectivity index (χ3v) is 4.23. The van der Waals surface area contributed by atoms with Crippen LogP contribution in [0, 0.1) is 27.8 Å². The molecule has 0 radical (unpaired) electrons. The fraction of sp³-hybridized carbons (Fsp3) is 0.429. The number of hydrogen-bond donors (Lipinski definition) is 0. The Bertz CT molecular complexity index is 624. The van der Waals surface area contributed by atoms with Gasteiger partial charge in [0.1, 0.15) is 0 Å². The molecule has 21 heavy (non-hydrogen) atoms. The van der Waals surface area contributed by atoms with Gasteiger partial charge in [-0.05, 0) is 24.5 Å². The number of carbonyl (C=O) groups is 2. The van der Waals surface area contributed by atoms with Crippen molar-refractivity contribution in [3.05, 3.63) is 39.7 Å². The van der Waals surface area contributed by atoms with Crippen LogP contribution in [0.3, 0.4) is 0 Å². The van der Waals surface area contributed by atoms with Gasteiger partial charge in [-0.2, -0.15) is 4.39 Å². The molecule has 110 valence electrons. The number of nitrogens with zero attached hydrogens (tertiary/aromatic N) is 2. The molecule has 2 unspecified atom stereocenters. The molecule has 1 aromatic carbocycles. The Hall–Kier alpha value is -2.31. The molecule has 1 aliphatic carbocycles. The summed E-state index contributed by atoms with van der Waals surface area (Å²) in [7, 11) is 0. The maximum absolute atomic E-state index is 13.6. The van der Waals surface area contributed by atoms with Gasteiger partial charge in [0.2, 0.25) is 17.6 Å². The standard InChI is InChI=1S/C14H13FN2O4/c15-11-6-8(4-5-12(11)17(20)21)7-16-13(18)9-2-1-3-10(9)14(16)19/h4-6,9-10H,1-3,7H2. The lowest BCUT2D eigenvalue weighted by Crippen LogP contribution is -2.31. The van der Waals surface area contributed by atoms with Gasteiger partial charge in [-0.3, -0.25) is 24.6 Å². The van der Waals surface area contributed by atoms with E-state index in [1.165, 1.54) is 6.07 Å². The van der Waals surface area contributed by atoms with Gasteiger partial charge in [0.15, 0.2) is 0 Å². The van der Waals surface area contributed by atoms with Gasteiger partial charge in [0.25, 0.3) is 0 Å². The molecule has 6 nitrogen and oxygen atoms in total. The second-order valence-electron chi connectivity index (χ2n) is 5.45.